The predicted octanol–water partition coefficient (Wildman–Crippen LogP) is 2.00. The van der Waals surface area contributed by atoms with Gasteiger partial charge in [-0.3, -0.25) is 0 Å². The molecule has 21 heavy (non-hydrogen) atoms. The molecule has 0 unspecified atom stereocenters. The fraction of sp³-hybridized carbons (Fsp3) is 0.600. The van der Waals surface area contributed by atoms with Gasteiger partial charge in [-0.25, -0.2) is 8.78 Å². The van der Waals surface area contributed by atoms with E-state index in [1.807, 2.05) is 0 Å². The minimum absolute atomic E-state index is 0.136. The van der Waals surface area contributed by atoms with Gasteiger partial charge in [-0.2, -0.15) is 0 Å². The highest BCUT2D eigenvalue weighted by atomic mass is 19.1. The van der Waals surface area contributed by atoms with Crippen molar-refractivity contribution in [3.63, 3.8) is 0 Å². The molecule has 2 N–H and O–H groups in total. The summed E-state index contributed by atoms with van der Waals surface area (Å²) >= 11 is 0. The van der Waals surface area contributed by atoms with Gasteiger partial charge in [0.05, 0.1) is 16.8 Å². The molecule has 0 fully saturated rings. The number of rotatable bonds is 5. The summed E-state index contributed by atoms with van der Waals surface area (Å²) in [6, 6.07) is 2.13. The summed E-state index contributed by atoms with van der Waals surface area (Å²) in [5.74, 6) is -1.67. The Kier molecular flexibility index (Phi) is 4.88. The second-order valence-corrected chi connectivity index (χ2v) is 6.72. The Morgan fingerprint density at radius 3 is 1.71 bits per heavy atom. The van der Waals surface area contributed by atoms with Crippen LogP contribution in [-0.2, 0) is 10.3 Å². The Morgan fingerprint density at radius 2 is 1.38 bits per heavy atom. The average Bonchev–Trinajstić information content (AvgIpc) is 2.24. The molecule has 6 heteroatoms. The molecule has 0 atom stereocenters. The predicted molar refractivity (Wildman–Crippen MR) is 78.5 cm³/mol. The monoisotopic (exact) mass is 299 g/mol. The molecule has 0 aliphatic carbocycles. The zero-order valence-electron chi connectivity index (χ0n) is 13.3. The summed E-state index contributed by atoms with van der Waals surface area (Å²) in [6.45, 7) is 9.21. The molecule has 1 aromatic carbocycles. The maximum atomic E-state index is 14.0. The molecule has 1 aromatic rings. The molecule has 0 heterocycles. The second-order valence-electron chi connectivity index (χ2n) is 6.72. The molecular weight excluding hydrogens is 277 g/mol. The Bertz CT molecular complexity index is 494. The third-order valence-corrected chi connectivity index (χ3v) is 3.73. The van der Waals surface area contributed by atoms with Crippen LogP contribution in [-0.4, -0.2) is 28.9 Å². The van der Waals surface area contributed by atoms with Crippen molar-refractivity contribution in [3.05, 3.63) is 29.3 Å². The Balaban J connectivity index is 3.02. The lowest BCUT2D eigenvalue weighted by atomic mass is 9.81. The van der Waals surface area contributed by atoms with E-state index in [1.54, 1.807) is 27.7 Å². The number of hydrogen-bond donors (Lipinski definition) is 2. The van der Waals surface area contributed by atoms with Crippen molar-refractivity contribution in [3.8, 4) is 0 Å². The lowest BCUT2D eigenvalue weighted by Crippen LogP contribution is -2.49. The summed E-state index contributed by atoms with van der Waals surface area (Å²) in [7, 11) is 0.955. The lowest BCUT2D eigenvalue weighted by Gasteiger charge is -2.37. The summed E-state index contributed by atoms with van der Waals surface area (Å²) in [5.41, 5.74) is -3.77. The third-order valence-electron chi connectivity index (χ3n) is 3.73. The van der Waals surface area contributed by atoms with E-state index in [-0.39, 0.29) is 11.0 Å². The van der Waals surface area contributed by atoms with Gasteiger partial charge in [-0.15, -0.1) is 0 Å². The molecule has 1 rings (SSSR count). The molecule has 0 saturated carbocycles. The van der Waals surface area contributed by atoms with Gasteiger partial charge in [0.1, 0.15) is 11.6 Å². The summed E-state index contributed by atoms with van der Waals surface area (Å²) in [4.78, 5) is 0. The standard InChI is InChI=1S/C15H22BF2O3/c1-13(2,19)9-7-10(17)12(11(18)8-9)16-21-15(5,6)14(3,4)20/h7-8,19-20H,1-6H3. The first-order valence-corrected chi connectivity index (χ1v) is 6.71. The van der Waals surface area contributed by atoms with Crippen molar-refractivity contribution in [2.24, 2.45) is 0 Å². The summed E-state index contributed by atoms with van der Waals surface area (Å²) in [6.07, 6.45) is 0. The molecule has 0 amide bonds. The quantitative estimate of drug-likeness (QED) is 0.818. The number of halogens is 2. The van der Waals surface area contributed by atoms with Gasteiger partial charge >= 0.3 is 7.48 Å². The Labute approximate surface area is 125 Å². The van der Waals surface area contributed by atoms with Crippen LogP contribution in [0.2, 0.25) is 0 Å². The van der Waals surface area contributed by atoms with Gasteiger partial charge < -0.3 is 14.9 Å². The first kappa shape index (κ1) is 18.1. The van der Waals surface area contributed by atoms with Crippen LogP contribution in [0.1, 0.15) is 47.1 Å². The van der Waals surface area contributed by atoms with Gasteiger partial charge in [0.2, 0.25) is 0 Å². The normalized spacial score (nSPS) is 13.4. The summed E-state index contributed by atoms with van der Waals surface area (Å²) < 4.78 is 33.3. The molecule has 0 aliphatic heterocycles. The van der Waals surface area contributed by atoms with Crippen molar-refractivity contribution >= 4 is 12.9 Å². The molecular formula is C15H22BF2O3. The number of benzene rings is 1. The van der Waals surface area contributed by atoms with E-state index < -0.39 is 28.4 Å². The minimum Gasteiger partial charge on any atom is -0.426 e. The first-order valence-electron chi connectivity index (χ1n) is 6.71. The highest BCUT2D eigenvalue weighted by Gasteiger charge is 2.36. The molecule has 117 valence electrons. The zero-order chi connectivity index (χ0) is 16.6. The highest BCUT2D eigenvalue weighted by Crippen LogP contribution is 2.25. The van der Waals surface area contributed by atoms with Crippen molar-refractivity contribution in [2.75, 3.05) is 0 Å². The minimum atomic E-state index is -1.34. The van der Waals surface area contributed by atoms with E-state index in [0.29, 0.717) is 0 Å². The van der Waals surface area contributed by atoms with Crippen molar-refractivity contribution in [1.29, 1.82) is 0 Å². The topological polar surface area (TPSA) is 49.7 Å². The van der Waals surface area contributed by atoms with Crippen molar-refractivity contribution in [1.82, 2.24) is 0 Å². The SMILES string of the molecule is CC(C)(O)c1cc(F)c([B]OC(C)(C)C(C)(C)O)c(F)c1. The third kappa shape index (κ3) is 4.25. The van der Waals surface area contributed by atoms with Crippen molar-refractivity contribution < 1.29 is 23.6 Å². The van der Waals surface area contributed by atoms with Crippen LogP contribution in [0.3, 0.4) is 0 Å². The largest absolute Gasteiger partial charge is 0.426 e. The van der Waals surface area contributed by atoms with Crippen LogP contribution in [0.4, 0.5) is 8.78 Å². The summed E-state index contributed by atoms with van der Waals surface area (Å²) in [5, 5.41) is 19.7. The fourth-order valence-electron chi connectivity index (χ4n) is 1.40. The van der Waals surface area contributed by atoms with E-state index in [4.69, 9.17) is 4.65 Å². The van der Waals surface area contributed by atoms with Gasteiger partial charge in [0.25, 0.3) is 0 Å². The van der Waals surface area contributed by atoms with E-state index >= 15 is 0 Å². The van der Waals surface area contributed by atoms with E-state index in [1.165, 1.54) is 13.8 Å². The molecule has 0 aliphatic rings. The lowest BCUT2D eigenvalue weighted by molar-refractivity contribution is -0.0894. The maximum absolute atomic E-state index is 14.0. The van der Waals surface area contributed by atoms with Crippen molar-refractivity contribution in [2.45, 2.75) is 58.3 Å². The van der Waals surface area contributed by atoms with Gasteiger partial charge in [-0.1, -0.05) is 0 Å². The number of hydrogen-bond acceptors (Lipinski definition) is 3. The molecule has 0 aromatic heterocycles. The Morgan fingerprint density at radius 1 is 0.952 bits per heavy atom. The van der Waals surface area contributed by atoms with Crippen LogP contribution < -0.4 is 5.46 Å². The van der Waals surface area contributed by atoms with Gasteiger partial charge in [0.15, 0.2) is 0 Å². The van der Waals surface area contributed by atoms with Gasteiger partial charge in [0, 0.05) is 5.46 Å². The van der Waals surface area contributed by atoms with E-state index in [2.05, 4.69) is 0 Å². The molecule has 1 radical (unpaired) electrons. The zero-order valence-corrected chi connectivity index (χ0v) is 13.3. The first-order chi connectivity index (χ1) is 9.25. The van der Waals surface area contributed by atoms with Crippen LogP contribution in [0.15, 0.2) is 12.1 Å². The molecule has 0 spiro atoms. The second kappa shape index (κ2) is 5.67. The van der Waals surface area contributed by atoms with Crippen LogP contribution in [0.25, 0.3) is 0 Å². The molecule has 0 bridgehead atoms. The highest BCUT2D eigenvalue weighted by molar-refractivity contribution is 6.47. The van der Waals surface area contributed by atoms with Gasteiger partial charge in [-0.05, 0) is 59.2 Å². The smallest absolute Gasteiger partial charge is 0.337 e. The van der Waals surface area contributed by atoms with Crippen LogP contribution in [0, 0.1) is 11.6 Å². The fourth-order valence-corrected chi connectivity index (χ4v) is 1.40. The Hall–Kier alpha value is -0.975. The number of aliphatic hydroxyl groups is 2. The van der Waals surface area contributed by atoms with E-state index in [0.717, 1.165) is 19.6 Å². The van der Waals surface area contributed by atoms with Crippen LogP contribution >= 0.6 is 0 Å². The van der Waals surface area contributed by atoms with Crippen LogP contribution in [0.5, 0.6) is 0 Å². The van der Waals surface area contributed by atoms with E-state index in [9.17, 15) is 19.0 Å². The maximum Gasteiger partial charge on any atom is 0.337 e. The molecule has 0 saturated heterocycles. The molecule has 3 nitrogen and oxygen atoms in total. The average molecular weight is 299 g/mol.